The Bertz CT molecular complexity index is 946. The standard InChI is InChI=1S/C20H18N2O2/c1-13-7-8-16(11-14(13)2)20(24)22-21-12-18-17-6-4-3-5-15(17)9-10-19(18)23/h3-12,23H,1-2H3,(H,22,24)/b21-12+. The summed E-state index contributed by atoms with van der Waals surface area (Å²) in [6.07, 6.45) is 1.47. The van der Waals surface area contributed by atoms with Crippen LogP contribution in [0.4, 0.5) is 0 Å². The second-order valence-electron chi connectivity index (χ2n) is 5.72. The minimum atomic E-state index is -0.283. The fourth-order valence-corrected chi connectivity index (χ4v) is 2.52. The maximum atomic E-state index is 12.2. The summed E-state index contributed by atoms with van der Waals surface area (Å²) in [5.74, 6) is -0.160. The van der Waals surface area contributed by atoms with Crippen LogP contribution in [-0.2, 0) is 0 Å². The molecule has 4 nitrogen and oxygen atoms in total. The van der Waals surface area contributed by atoms with Crippen LogP contribution in [-0.4, -0.2) is 17.2 Å². The number of phenolic OH excluding ortho intramolecular Hbond substituents is 1. The van der Waals surface area contributed by atoms with Gasteiger partial charge in [0.15, 0.2) is 0 Å². The number of nitrogens with zero attached hydrogens (tertiary/aromatic N) is 1. The van der Waals surface area contributed by atoms with Crippen LogP contribution < -0.4 is 5.43 Å². The van der Waals surface area contributed by atoms with E-state index in [0.29, 0.717) is 11.1 Å². The molecule has 0 heterocycles. The molecule has 3 rings (SSSR count). The number of benzene rings is 3. The molecule has 0 atom stereocenters. The number of rotatable bonds is 3. The molecule has 0 saturated carbocycles. The molecule has 0 aliphatic rings. The summed E-state index contributed by atoms with van der Waals surface area (Å²) < 4.78 is 0. The van der Waals surface area contributed by atoms with E-state index in [4.69, 9.17) is 0 Å². The minimum absolute atomic E-state index is 0.123. The van der Waals surface area contributed by atoms with Crippen LogP contribution in [0.5, 0.6) is 5.75 Å². The number of fused-ring (bicyclic) bond motifs is 1. The highest BCUT2D eigenvalue weighted by Gasteiger charge is 2.07. The molecule has 120 valence electrons. The van der Waals surface area contributed by atoms with Gasteiger partial charge in [-0.1, -0.05) is 36.4 Å². The largest absolute Gasteiger partial charge is 0.507 e. The molecule has 4 heteroatoms. The number of hydrogen-bond donors (Lipinski definition) is 2. The number of carbonyl (C=O) groups is 1. The molecule has 2 N–H and O–H groups in total. The zero-order valence-corrected chi connectivity index (χ0v) is 13.6. The van der Waals surface area contributed by atoms with Gasteiger partial charge in [0, 0.05) is 11.1 Å². The molecule has 0 saturated heterocycles. The number of hydrogen-bond acceptors (Lipinski definition) is 3. The molecular formula is C20H18N2O2. The lowest BCUT2D eigenvalue weighted by Gasteiger charge is -2.06. The first-order valence-corrected chi connectivity index (χ1v) is 7.67. The summed E-state index contributed by atoms with van der Waals surface area (Å²) in [6, 6.07) is 16.7. The third-order valence-electron chi connectivity index (χ3n) is 4.08. The number of carbonyl (C=O) groups excluding carboxylic acids is 1. The van der Waals surface area contributed by atoms with E-state index in [1.54, 1.807) is 12.1 Å². The van der Waals surface area contributed by atoms with E-state index in [1.807, 2.05) is 56.3 Å². The molecule has 24 heavy (non-hydrogen) atoms. The van der Waals surface area contributed by atoms with E-state index in [1.165, 1.54) is 6.21 Å². The summed E-state index contributed by atoms with van der Waals surface area (Å²) in [4.78, 5) is 12.2. The van der Waals surface area contributed by atoms with E-state index < -0.39 is 0 Å². The van der Waals surface area contributed by atoms with Crippen molar-refractivity contribution >= 4 is 22.9 Å². The van der Waals surface area contributed by atoms with Gasteiger partial charge in [-0.05, 0) is 53.9 Å². The Morgan fingerprint density at radius 3 is 2.62 bits per heavy atom. The van der Waals surface area contributed by atoms with Gasteiger partial charge >= 0.3 is 0 Å². The van der Waals surface area contributed by atoms with Crippen LogP contribution >= 0.6 is 0 Å². The van der Waals surface area contributed by atoms with Crippen molar-refractivity contribution in [1.29, 1.82) is 0 Å². The number of amides is 1. The van der Waals surface area contributed by atoms with Gasteiger partial charge in [0.1, 0.15) is 5.75 Å². The Morgan fingerprint density at radius 1 is 1.04 bits per heavy atom. The Hall–Kier alpha value is -3.14. The number of nitrogens with one attached hydrogen (secondary N) is 1. The van der Waals surface area contributed by atoms with Crippen LogP contribution in [0.3, 0.4) is 0 Å². The first-order chi connectivity index (χ1) is 11.6. The first kappa shape index (κ1) is 15.7. The maximum absolute atomic E-state index is 12.2. The van der Waals surface area contributed by atoms with Crippen LogP contribution in [0.2, 0.25) is 0 Å². The second kappa shape index (κ2) is 6.54. The quantitative estimate of drug-likeness (QED) is 0.568. The van der Waals surface area contributed by atoms with Gasteiger partial charge in [0.05, 0.1) is 6.21 Å². The number of hydrazone groups is 1. The van der Waals surface area contributed by atoms with Crippen molar-refractivity contribution in [2.24, 2.45) is 5.10 Å². The average molecular weight is 318 g/mol. The third-order valence-corrected chi connectivity index (χ3v) is 4.08. The average Bonchev–Trinajstić information content (AvgIpc) is 2.59. The lowest BCUT2D eigenvalue weighted by molar-refractivity contribution is 0.0955. The molecule has 1 amide bonds. The van der Waals surface area contributed by atoms with Crippen molar-refractivity contribution in [2.75, 3.05) is 0 Å². The Morgan fingerprint density at radius 2 is 1.83 bits per heavy atom. The minimum Gasteiger partial charge on any atom is -0.507 e. The first-order valence-electron chi connectivity index (χ1n) is 7.67. The number of phenols is 1. The summed E-state index contributed by atoms with van der Waals surface area (Å²) in [5.41, 5.74) is 5.82. The van der Waals surface area contributed by atoms with Gasteiger partial charge in [-0.3, -0.25) is 4.79 Å². The van der Waals surface area contributed by atoms with Crippen molar-refractivity contribution in [1.82, 2.24) is 5.43 Å². The van der Waals surface area contributed by atoms with Crippen molar-refractivity contribution < 1.29 is 9.90 Å². The second-order valence-corrected chi connectivity index (χ2v) is 5.72. The molecule has 0 unspecified atom stereocenters. The van der Waals surface area contributed by atoms with Crippen LogP contribution in [0.1, 0.15) is 27.0 Å². The summed E-state index contributed by atoms with van der Waals surface area (Å²) in [7, 11) is 0. The predicted molar refractivity (Wildman–Crippen MR) is 96.6 cm³/mol. The summed E-state index contributed by atoms with van der Waals surface area (Å²) in [5, 5.41) is 15.9. The van der Waals surface area contributed by atoms with Gasteiger partial charge in [-0.25, -0.2) is 5.43 Å². The molecule has 3 aromatic carbocycles. The monoisotopic (exact) mass is 318 g/mol. The maximum Gasteiger partial charge on any atom is 0.271 e. The zero-order valence-electron chi connectivity index (χ0n) is 13.6. The molecule has 0 aliphatic heterocycles. The van der Waals surface area contributed by atoms with Crippen molar-refractivity contribution in [3.8, 4) is 5.75 Å². The van der Waals surface area contributed by atoms with E-state index in [-0.39, 0.29) is 11.7 Å². The Kier molecular flexibility index (Phi) is 4.29. The molecular weight excluding hydrogens is 300 g/mol. The summed E-state index contributed by atoms with van der Waals surface area (Å²) >= 11 is 0. The zero-order chi connectivity index (χ0) is 17.1. The fraction of sp³-hybridized carbons (Fsp3) is 0.100. The van der Waals surface area contributed by atoms with Crippen LogP contribution in [0, 0.1) is 13.8 Å². The molecule has 0 spiro atoms. The highest BCUT2D eigenvalue weighted by Crippen LogP contribution is 2.25. The van der Waals surface area contributed by atoms with Gasteiger partial charge in [-0.2, -0.15) is 5.10 Å². The highest BCUT2D eigenvalue weighted by atomic mass is 16.3. The number of aryl methyl sites for hydroxylation is 2. The van der Waals surface area contributed by atoms with E-state index in [0.717, 1.165) is 21.9 Å². The van der Waals surface area contributed by atoms with Gasteiger partial charge in [0.2, 0.25) is 0 Å². The van der Waals surface area contributed by atoms with E-state index in [2.05, 4.69) is 10.5 Å². The molecule has 0 radical (unpaired) electrons. The molecule has 3 aromatic rings. The van der Waals surface area contributed by atoms with Gasteiger partial charge < -0.3 is 5.11 Å². The highest BCUT2D eigenvalue weighted by molar-refractivity contribution is 6.03. The summed E-state index contributed by atoms with van der Waals surface area (Å²) in [6.45, 7) is 3.96. The van der Waals surface area contributed by atoms with Crippen molar-refractivity contribution in [3.63, 3.8) is 0 Å². The molecule has 0 bridgehead atoms. The van der Waals surface area contributed by atoms with Crippen molar-refractivity contribution in [2.45, 2.75) is 13.8 Å². The smallest absolute Gasteiger partial charge is 0.271 e. The Labute approximate surface area is 140 Å². The molecule has 0 aliphatic carbocycles. The van der Waals surface area contributed by atoms with E-state index >= 15 is 0 Å². The van der Waals surface area contributed by atoms with E-state index in [9.17, 15) is 9.90 Å². The van der Waals surface area contributed by atoms with Crippen LogP contribution in [0.15, 0.2) is 59.7 Å². The molecule has 0 fully saturated rings. The van der Waals surface area contributed by atoms with Gasteiger partial charge in [0.25, 0.3) is 5.91 Å². The SMILES string of the molecule is Cc1ccc(C(=O)N/N=C/c2c(O)ccc3ccccc23)cc1C. The lowest BCUT2D eigenvalue weighted by Crippen LogP contribution is -2.17. The van der Waals surface area contributed by atoms with Crippen molar-refractivity contribution in [3.05, 3.63) is 76.9 Å². The topological polar surface area (TPSA) is 61.7 Å². The third kappa shape index (κ3) is 3.13. The lowest BCUT2D eigenvalue weighted by atomic mass is 10.0. The number of aromatic hydroxyl groups is 1. The van der Waals surface area contributed by atoms with Gasteiger partial charge in [-0.15, -0.1) is 0 Å². The molecule has 0 aromatic heterocycles. The fourth-order valence-electron chi connectivity index (χ4n) is 2.52. The van der Waals surface area contributed by atoms with Crippen LogP contribution in [0.25, 0.3) is 10.8 Å². The predicted octanol–water partition coefficient (Wildman–Crippen LogP) is 3.93. The normalized spacial score (nSPS) is 11.1. The Balaban J connectivity index is 1.83.